The number of aryl methyl sites for hydroxylation is 1. The minimum Gasteiger partial charge on any atom is -0.318 e. The molecule has 1 N–H and O–H groups in total. The number of hydrazone groups is 1. The molecule has 4 nitrogen and oxygen atoms in total. The number of nitrogens with zero attached hydrogens (tertiary/aromatic N) is 2. The summed E-state index contributed by atoms with van der Waals surface area (Å²) >= 11 is 1.84. The van der Waals surface area contributed by atoms with Crippen LogP contribution in [0.4, 0.5) is 4.39 Å². The fourth-order valence-corrected chi connectivity index (χ4v) is 4.70. The smallest absolute Gasteiger partial charge is 0.271 e. The van der Waals surface area contributed by atoms with Crippen molar-refractivity contribution >= 4 is 23.9 Å². The van der Waals surface area contributed by atoms with Crippen LogP contribution in [-0.4, -0.2) is 16.7 Å². The second kappa shape index (κ2) is 11.0. The van der Waals surface area contributed by atoms with Gasteiger partial charge in [0, 0.05) is 39.7 Å². The first-order valence-corrected chi connectivity index (χ1v) is 12.2. The number of rotatable bonds is 8. The van der Waals surface area contributed by atoms with Crippen LogP contribution in [0, 0.1) is 19.7 Å². The second-order valence-electron chi connectivity index (χ2n) is 8.01. The number of aromatic nitrogens is 1. The summed E-state index contributed by atoms with van der Waals surface area (Å²) in [5, 5.41) is 4.14. The molecule has 0 unspecified atom stereocenters. The molecule has 0 saturated carbocycles. The number of thioether (sulfide) groups is 1. The van der Waals surface area contributed by atoms with Gasteiger partial charge in [0.2, 0.25) is 0 Å². The maximum Gasteiger partial charge on any atom is 0.271 e. The molecule has 6 heteroatoms. The summed E-state index contributed by atoms with van der Waals surface area (Å²) in [6.45, 7) is 3.94. The van der Waals surface area contributed by atoms with E-state index < -0.39 is 0 Å². The van der Waals surface area contributed by atoms with E-state index in [1.807, 2.05) is 66.6 Å². The quantitative estimate of drug-likeness (QED) is 0.238. The lowest BCUT2D eigenvalue weighted by molar-refractivity contribution is 0.0955. The molecular formula is C28H26FN3OS. The fourth-order valence-electron chi connectivity index (χ4n) is 3.74. The molecule has 0 saturated heterocycles. The zero-order valence-electron chi connectivity index (χ0n) is 19.2. The normalized spacial score (nSPS) is 11.1. The van der Waals surface area contributed by atoms with Crippen LogP contribution in [0.5, 0.6) is 0 Å². The maximum absolute atomic E-state index is 13.3. The van der Waals surface area contributed by atoms with Crippen molar-refractivity contribution in [3.8, 4) is 5.69 Å². The van der Waals surface area contributed by atoms with Crippen molar-refractivity contribution < 1.29 is 9.18 Å². The molecular weight excluding hydrogens is 445 g/mol. The lowest BCUT2D eigenvalue weighted by Crippen LogP contribution is -2.17. The number of hydrogen-bond donors (Lipinski definition) is 1. The third-order valence-electron chi connectivity index (χ3n) is 5.52. The van der Waals surface area contributed by atoms with Gasteiger partial charge in [-0.25, -0.2) is 9.82 Å². The minimum atomic E-state index is -0.269. The average molecular weight is 472 g/mol. The van der Waals surface area contributed by atoms with Gasteiger partial charge < -0.3 is 4.57 Å². The van der Waals surface area contributed by atoms with Crippen molar-refractivity contribution in [1.82, 2.24) is 9.99 Å². The van der Waals surface area contributed by atoms with Gasteiger partial charge in [-0.15, -0.1) is 0 Å². The maximum atomic E-state index is 13.3. The third-order valence-corrected chi connectivity index (χ3v) is 6.60. The number of carbonyl (C=O) groups is 1. The topological polar surface area (TPSA) is 46.4 Å². The van der Waals surface area contributed by atoms with Crippen molar-refractivity contribution in [2.45, 2.75) is 25.4 Å². The van der Waals surface area contributed by atoms with Gasteiger partial charge in [-0.05, 0) is 67.4 Å². The van der Waals surface area contributed by atoms with Gasteiger partial charge >= 0.3 is 0 Å². The van der Waals surface area contributed by atoms with Gasteiger partial charge in [-0.2, -0.15) is 16.9 Å². The van der Waals surface area contributed by atoms with Gasteiger partial charge in [0.1, 0.15) is 5.82 Å². The summed E-state index contributed by atoms with van der Waals surface area (Å²) in [4.78, 5) is 12.5. The number of amides is 1. The van der Waals surface area contributed by atoms with Crippen molar-refractivity contribution in [3.63, 3.8) is 0 Å². The lowest BCUT2D eigenvalue weighted by atomic mass is 10.1. The number of benzene rings is 3. The van der Waals surface area contributed by atoms with Crippen molar-refractivity contribution in [2.75, 3.05) is 0 Å². The summed E-state index contributed by atoms with van der Waals surface area (Å²) < 4.78 is 15.3. The van der Waals surface area contributed by atoms with Gasteiger partial charge in [0.05, 0.1) is 6.21 Å². The molecule has 1 aromatic heterocycles. The molecule has 1 heterocycles. The van der Waals surface area contributed by atoms with Crippen molar-refractivity contribution in [3.05, 3.63) is 124 Å². The van der Waals surface area contributed by atoms with Gasteiger partial charge in [-0.1, -0.05) is 42.5 Å². The van der Waals surface area contributed by atoms with E-state index in [-0.39, 0.29) is 11.7 Å². The van der Waals surface area contributed by atoms with Gasteiger partial charge in [0.25, 0.3) is 5.91 Å². The minimum absolute atomic E-state index is 0.257. The van der Waals surface area contributed by atoms with E-state index in [9.17, 15) is 9.18 Å². The SMILES string of the molecule is Cc1cc(/C=N/NC(=O)c2ccc(CSCc3ccccc3)cc2)c(C)n1-c1ccc(F)cc1. The van der Waals surface area contributed by atoms with Crippen LogP contribution in [0.1, 0.15) is 38.4 Å². The molecule has 34 heavy (non-hydrogen) atoms. The van der Waals surface area contributed by atoms with Crippen LogP contribution in [0.2, 0.25) is 0 Å². The molecule has 0 fully saturated rings. The molecule has 0 aliphatic rings. The standard InChI is InChI=1S/C28H26FN3OS/c1-20-16-25(21(2)32(20)27-14-12-26(29)13-15-27)17-30-31-28(33)24-10-8-23(9-11-24)19-34-18-22-6-4-3-5-7-22/h3-17H,18-19H2,1-2H3,(H,31,33)/b30-17+. The van der Waals surface area contributed by atoms with E-state index in [0.29, 0.717) is 5.56 Å². The Bertz CT molecular complexity index is 1280. The Hall–Kier alpha value is -3.64. The molecule has 0 aliphatic heterocycles. The van der Waals surface area contributed by atoms with E-state index in [1.165, 1.54) is 23.3 Å². The van der Waals surface area contributed by atoms with Crippen LogP contribution < -0.4 is 5.43 Å². The summed E-state index contributed by atoms with van der Waals surface area (Å²) in [5.41, 5.74) is 9.36. The molecule has 4 rings (SSSR count). The van der Waals surface area contributed by atoms with Gasteiger partial charge in [0.15, 0.2) is 0 Å². The summed E-state index contributed by atoms with van der Waals surface area (Å²) in [6, 6.07) is 26.3. The summed E-state index contributed by atoms with van der Waals surface area (Å²) in [7, 11) is 0. The third kappa shape index (κ3) is 5.83. The second-order valence-corrected chi connectivity index (χ2v) is 9.00. The average Bonchev–Trinajstić information content (AvgIpc) is 3.13. The Morgan fingerprint density at radius 1 is 0.941 bits per heavy atom. The molecule has 0 bridgehead atoms. The number of halogens is 1. The van der Waals surface area contributed by atoms with E-state index >= 15 is 0 Å². The Kier molecular flexibility index (Phi) is 7.60. The molecule has 0 radical (unpaired) electrons. The highest BCUT2D eigenvalue weighted by atomic mass is 32.2. The molecule has 1 amide bonds. The number of carbonyl (C=O) groups excluding carboxylic acids is 1. The van der Waals surface area contributed by atoms with Crippen LogP contribution in [-0.2, 0) is 11.5 Å². The van der Waals surface area contributed by atoms with E-state index in [4.69, 9.17) is 0 Å². The Morgan fingerprint density at radius 3 is 2.26 bits per heavy atom. The highest BCUT2D eigenvalue weighted by molar-refractivity contribution is 7.97. The highest BCUT2D eigenvalue weighted by Gasteiger charge is 2.10. The van der Waals surface area contributed by atoms with Crippen LogP contribution >= 0.6 is 11.8 Å². The van der Waals surface area contributed by atoms with E-state index in [2.05, 4.69) is 34.8 Å². The first kappa shape index (κ1) is 23.5. The number of nitrogens with one attached hydrogen (secondary N) is 1. The first-order chi connectivity index (χ1) is 16.5. The summed E-state index contributed by atoms with van der Waals surface area (Å²) in [6.07, 6.45) is 1.63. The fraction of sp³-hybridized carbons (Fsp3) is 0.143. The molecule has 3 aromatic carbocycles. The molecule has 172 valence electrons. The predicted octanol–water partition coefficient (Wildman–Crippen LogP) is 6.43. The molecule has 0 aliphatic carbocycles. The van der Waals surface area contributed by atoms with E-state index in [0.717, 1.165) is 34.1 Å². The van der Waals surface area contributed by atoms with Gasteiger partial charge in [-0.3, -0.25) is 4.79 Å². The van der Waals surface area contributed by atoms with Crippen LogP contribution in [0.3, 0.4) is 0 Å². The molecule has 0 spiro atoms. The molecule has 4 aromatic rings. The predicted molar refractivity (Wildman–Crippen MR) is 138 cm³/mol. The Morgan fingerprint density at radius 2 is 1.59 bits per heavy atom. The zero-order valence-corrected chi connectivity index (χ0v) is 20.0. The monoisotopic (exact) mass is 471 g/mol. The Balaban J connectivity index is 1.33. The zero-order chi connectivity index (χ0) is 23.9. The largest absolute Gasteiger partial charge is 0.318 e. The van der Waals surface area contributed by atoms with Crippen LogP contribution in [0.25, 0.3) is 5.69 Å². The van der Waals surface area contributed by atoms with Crippen molar-refractivity contribution in [1.29, 1.82) is 0 Å². The Labute approximate surface area is 203 Å². The number of hydrogen-bond acceptors (Lipinski definition) is 3. The van der Waals surface area contributed by atoms with Crippen LogP contribution in [0.15, 0.2) is 90.0 Å². The van der Waals surface area contributed by atoms with Crippen molar-refractivity contribution in [2.24, 2.45) is 5.10 Å². The van der Waals surface area contributed by atoms with E-state index in [1.54, 1.807) is 18.3 Å². The molecule has 0 atom stereocenters. The lowest BCUT2D eigenvalue weighted by Gasteiger charge is -2.09. The first-order valence-electron chi connectivity index (χ1n) is 11.0. The summed E-state index contributed by atoms with van der Waals surface area (Å²) in [5.74, 6) is 1.32. The highest BCUT2D eigenvalue weighted by Crippen LogP contribution is 2.20.